The van der Waals surface area contributed by atoms with Crippen molar-refractivity contribution in [3.05, 3.63) is 0 Å². The normalized spacial score (nSPS) is 26.5. The quantitative estimate of drug-likeness (QED) is 0.316. The van der Waals surface area contributed by atoms with Crippen LogP contribution in [0.25, 0.3) is 0 Å². The van der Waals surface area contributed by atoms with Crippen LogP contribution in [-0.4, -0.2) is 71.6 Å². The van der Waals surface area contributed by atoms with Crippen LogP contribution < -0.4 is 5.32 Å². The Kier molecular flexibility index (Phi) is 8.11. The number of rotatable bonds is 12. The van der Waals surface area contributed by atoms with Crippen LogP contribution in [0.3, 0.4) is 0 Å². The average molecular weight is 317 g/mol. The summed E-state index contributed by atoms with van der Waals surface area (Å²) >= 11 is 0. The summed E-state index contributed by atoms with van der Waals surface area (Å²) in [6.45, 7) is 3.64. The molecule has 2 saturated heterocycles. The van der Waals surface area contributed by atoms with E-state index in [1.165, 1.54) is 0 Å². The molecule has 0 amide bonds. The van der Waals surface area contributed by atoms with Gasteiger partial charge in [-0.25, -0.2) is 0 Å². The summed E-state index contributed by atoms with van der Waals surface area (Å²) in [6, 6.07) is 0. The number of methoxy groups -OCH3 is 1. The van der Waals surface area contributed by atoms with Crippen LogP contribution in [-0.2, 0) is 28.5 Å². The number of esters is 1. The molecule has 3 atom stereocenters. The van der Waals surface area contributed by atoms with Crippen molar-refractivity contribution in [2.75, 3.05) is 53.4 Å². The van der Waals surface area contributed by atoms with Gasteiger partial charge < -0.3 is 29.0 Å². The molecular formula is C15H27NO6. The van der Waals surface area contributed by atoms with Crippen molar-refractivity contribution in [1.29, 1.82) is 0 Å². The maximum absolute atomic E-state index is 11.9. The van der Waals surface area contributed by atoms with Gasteiger partial charge in [0.2, 0.25) is 0 Å². The summed E-state index contributed by atoms with van der Waals surface area (Å²) in [5.74, 6) is -0.164. The van der Waals surface area contributed by atoms with Crippen molar-refractivity contribution in [2.24, 2.45) is 5.92 Å². The molecule has 128 valence electrons. The first-order valence-electron chi connectivity index (χ1n) is 7.98. The van der Waals surface area contributed by atoms with Crippen molar-refractivity contribution >= 4 is 5.97 Å². The predicted octanol–water partition coefficient (Wildman–Crippen LogP) is 0.324. The van der Waals surface area contributed by atoms with E-state index in [2.05, 4.69) is 5.32 Å². The molecule has 7 nitrogen and oxygen atoms in total. The lowest BCUT2D eigenvalue weighted by molar-refractivity contribution is -0.150. The Morgan fingerprint density at radius 3 is 2.68 bits per heavy atom. The Hall–Kier alpha value is -0.730. The van der Waals surface area contributed by atoms with E-state index in [9.17, 15) is 4.79 Å². The Labute approximate surface area is 131 Å². The molecule has 0 spiro atoms. The highest BCUT2D eigenvalue weighted by Gasteiger charge is 2.45. The molecule has 2 aliphatic heterocycles. The third-order valence-electron chi connectivity index (χ3n) is 3.95. The van der Waals surface area contributed by atoms with E-state index in [1.807, 2.05) is 0 Å². The number of ether oxygens (including phenoxy) is 5. The van der Waals surface area contributed by atoms with E-state index in [0.717, 1.165) is 19.3 Å². The highest BCUT2D eigenvalue weighted by molar-refractivity contribution is 5.73. The molecule has 0 aromatic heterocycles. The number of nitrogens with one attached hydrogen (secondary N) is 1. The number of hydrogen-bond donors (Lipinski definition) is 1. The van der Waals surface area contributed by atoms with Gasteiger partial charge in [0.05, 0.1) is 37.9 Å². The van der Waals surface area contributed by atoms with Crippen molar-refractivity contribution in [3.8, 4) is 0 Å². The van der Waals surface area contributed by atoms with E-state index in [1.54, 1.807) is 7.11 Å². The van der Waals surface area contributed by atoms with E-state index in [0.29, 0.717) is 39.5 Å². The van der Waals surface area contributed by atoms with Crippen LogP contribution in [0.4, 0.5) is 0 Å². The Morgan fingerprint density at radius 2 is 1.95 bits per heavy atom. The van der Waals surface area contributed by atoms with Gasteiger partial charge in [-0.15, -0.1) is 0 Å². The highest BCUT2D eigenvalue weighted by atomic mass is 16.7. The summed E-state index contributed by atoms with van der Waals surface area (Å²) in [6.07, 6.45) is 3.28. The second-order valence-electron chi connectivity index (χ2n) is 5.56. The fraction of sp³-hybridized carbons (Fsp3) is 0.933. The first-order chi connectivity index (χ1) is 10.8. The zero-order chi connectivity index (χ0) is 15.6. The van der Waals surface area contributed by atoms with E-state index in [4.69, 9.17) is 23.7 Å². The lowest BCUT2D eigenvalue weighted by Gasteiger charge is -2.17. The van der Waals surface area contributed by atoms with Gasteiger partial charge in [0.25, 0.3) is 0 Å². The minimum absolute atomic E-state index is 0.0497. The molecule has 0 radical (unpaired) electrons. The van der Waals surface area contributed by atoms with Gasteiger partial charge in [0, 0.05) is 20.2 Å². The van der Waals surface area contributed by atoms with E-state index < -0.39 is 0 Å². The number of hydrogen-bond acceptors (Lipinski definition) is 7. The van der Waals surface area contributed by atoms with Gasteiger partial charge in [0.1, 0.15) is 13.4 Å². The van der Waals surface area contributed by atoms with Crippen LogP contribution in [0.15, 0.2) is 0 Å². The molecule has 2 rings (SSSR count). The largest absolute Gasteiger partial charge is 0.464 e. The number of fused-ring (bicyclic) bond motifs is 2. The third kappa shape index (κ3) is 5.81. The van der Waals surface area contributed by atoms with Gasteiger partial charge in [-0.2, -0.15) is 0 Å². The lowest BCUT2D eigenvalue weighted by Crippen LogP contribution is -2.30. The molecule has 2 aliphatic rings. The second kappa shape index (κ2) is 10.1. The van der Waals surface area contributed by atoms with Crippen molar-refractivity contribution < 1.29 is 28.5 Å². The standard InChI is InChI=1S/C15H27NO6/c1-18-8-9-20-11-19-6-4-16-5-7-21-15(17)13-10-12-2-3-14(13)22-12/h12-14,16H,2-11H2,1H3. The molecule has 2 bridgehead atoms. The molecule has 2 fully saturated rings. The molecule has 2 heterocycles. The summed E-state index contributed by atoms with van der Waals surface area (Å²) in [4.78, 5) is 11.9. The maximum atomic E-state index is 11.9. The molecular weight excluding hydrogens is 290 g/mol. The molecule has 22 heavy (non-hydrogen) atoms. The van der Waals surface area contributed by atoms with Gasteiger partial charge >= 0.3 is 5.97 Å². The number of carbonyl (C=O) groups is 1. The highest BCUT2D eigenvalue weighted by Crippen LogP contribution is 2.39. The third-order valence-corrected chi connectivity index (χ3v) is 3.95. The average Bonchev–Trinajstić information content (AvgIpc) is 3.15. The molecule has 0 aromatic rings. The Bertz CT molecular complexity index is 327. The van der Waals surface area contributed by atoms with Gasteiger partial charge in [-0.05, 0) is 19.3 Å². The summed E-state index contributed by atoms with van der Waals surface area (Å²) in [7, 11) is 1.63. The smallest absolute Gasteiger partial charge is 0.311 e. The molecule has 0 aromatic carbocycles. The summed E-state index contributed by atoms with van der Waals surface area (Å²) in [5.41, 5.74) is 0. The van der Waals surface area contributed by atoms with Crippen LogP contribution in [0.2, 0.25) is 0 Å². The second-order valence-corrected chi connectivity index (χ2v) is 5.56. The summed E-state index contributed by atoms with van der Waals surface area (Å²) < 4.78 is 26.2. The van der Waals surface area contributed by atoms with Crippen molar-refractivity contribution in [3.63, 3.8) is 0 Å². The Morgan fingerprint density at radius 1 is 1.14 bits per heavy atom. The summed E-state index contributed by atoms with van der Waals surface area (Å²) in [5, 5.41) is 3.15. The van der Waals surface area contributed by atoms with Gasteiger partial charge in [-0.1, -0.05) is 0 Å². The van der Waals surface area contributed by atoms with Gasteiger partial charge in [-0.3, -0.25) is 4.79 Å². The van der Waals surface area contributed by atoms with Crippen LogP contribution in [0.5, 0.6) is 0 Å². The van der Waals surface area contributed by atoms with Crippen molar-refractivity contribution in [2.45, 2.75) is 31.5 Å². The monoisotopic (exact) mass is 317 g/mol. The zero-order valence-electron chi connectivity index (χ0n) is 13.3. The fourth-order valence-electron chi connectivity index (χ4n) is 2.81. The minimum atomic E-state index is -0.114. The Balaban J connectivity index is 1.36. The molecule has 7 heteroatoms. The SMILES string of the molecule is COCCOCOCCNCCOC(=O)C1CC2CCC1O2. The van der Waals surface area contributed by atoms with Crippen LogP contribution in [0.1, 0.15) is 19.3 Å². The first kappa shape index (κ1) is 17.6. The van der Waals surface area contributed by atoms with Gasteiger partial charge in [0.15, 0.2) is 0 Å². The molecule has 0 saturated carbocycles. The molecule has 3 unspecified atom stereocenters. The zero-order valence-corrected chi connectivity index (χ0v) is 13.3. The van der Waals surface area contributed by atoms with Crippen LogP contribution in [0, 0.1) is 5.92 Å². The van der Waals surface area contributed by atoms with Crippen molar-refractivity contribution in [1.82, 2.24) is 5.32 Å². The maximum Gasteiger partial charge on any atom is 0.311 e. The predicted molar refractivity (Wildman–Crippen MR) is 78.5 cm³/mol. The topological polar surface area (TPSA) is 75.3 Å². The fourth-order valence-corrected chi connectivity index (χ4v) is 2.81. The minimum Gasteiger partial charge on any atom is -0.464 e. The number of carbonyl (C=O) groups excluding carboxylic acids is 1. The molecule has 1 N–H and O–H groups in total. The van der Waals surface area contributed by atoms with E-state index in [-0.39, 0.29) is 30.9 Å². The molecule has 0 aliphatic carbocycles. The van der Waals surface area contributed by atoms with E-state index >= 15 is 0 Å². The lowest BCUT2D eigenvalue weighted by atomic mass is 9.89. The first-order valence-corrected chi connectivity index (χ1v) is 7.98. The van der Waals surface area contributed by atoms with Crippen LogP contribution >= 0.6 is 0 Å².